The number of nitrogens with zero attached hydrogens (tertiary/aromatic N) is 3. The Morgan fingerprint density at radius 1 is 1.11 bits per heavy atom. The minimum absolute atomic E-state index is 0.0339. The van der Waals surface area contributed by atoms with Crippen molar-refractivity contribution in [3.63, 3.8) is 0 Å². The Hall–Kier alpha value is -4.12. The first kappa shape index (κ1) is 25.5. The van der Waals surface area contributed by atoms with Gasteiger partial charge in [-0.05, 0) is 47.4 Å². The Kier molecular flexibility index (Phi) is 8.26. The third-order valence-electron chi connectivity index (χ3n) is 5.63. The van der Waals surface area contributed by atoms with Gasteiger partial charge >= 0.3 is 0 Å². The number of methoxy groups -OCH3 is 2. The molecule has 1 aromatic heterocycles. The number of hydrogen-bond donors (Lipinski definition) is 2. The first-order chi connectivity index (χ1) is 16.7. The van der Waals surface area contributed by atoms with Crippen molar-refractivity contribution in [2.45, 2.75) is 39.7 Å². The van der Waals surface area contributed by atoms with E-state index < -0.39 is 0 Å². The van der Waals surface area contributed by atoms with E-state index in [0.29, 0.717) is 11.5 Å². The van der Waals surface area contributed by atoms with E-state index in [4.69, 9.17) is 14.5 Å². The summed E-state index contributed by atoms with van der Waals surface area (Å²) in [6.07, 6.45) is 4.13. The van der Waals surface area contributed by atoms with Crippen LogP contribution in [0.4, 0.5) is 5.69 Å². The fraction of sp³-hybridized carbons (Fsp3) is 0.333. The van der Waals surface area contributed by atoms with Gasteiger partial charge in [0.25, 0.3) is 0 Å². The summed E-state index contributed by atoms with van der Waals surface area (Å²) < 4.78 is 10.6. The quantitative estimate of drug-likeness (QED) is 0.211. The molecule has 0 fully saturated rings. The summed E-state index contributed by atoms with van der Waals surface area (Å²) in [5.41, 5.74) is 2.10. The summed E-state index contributed by atoms with van der Waals surface area (Å²) in [7, 11) is 3.14. The highest BCUT2D eigenvalue weighted by Crippen LogP contribution is 2.29. The van der Waals surface area contributed by atoms with Crippen LogP contribution in [0.3, 0.4) is 0 Å². The zero-order valence-electron chi connectivity index (χ0n) is 20.8. The van der Waals surface area contributed by atoms with Crippen molar-refractivity contribution >= 4 is 28.3 Å². The molecule has 2 aromatic carbocycles. The SMILES string of the molecule is COc1ccc(CC(=O)CC(N=C(NC#N)Nc2cccc3ncccc23)C(C)(C)C)cc1OC. The first-order valence-corrected chi connectivity index (χ1v) is 11.3. The van der Waals surface area contributed by atoms with Gasteiger partial charge < -0.3 is 14.8 Å². The second-order valence-electron chi connectivity index (χ2n) is 9.21. The Morgan fingerprint density at radius 2 is 1.89 bits per heavy atom. The van der Waals surface area contributed by atoms with E-state index in [1.807, 2.05) is 69.4 Å². The molecule has 0 bridgehead atoms. The van der Waals surface area contributed by atoms with Crippen LogP contribution in [0.5, 0.6) is 11.5 Å². The van der Waals surface area contributed by atoms with Crippen LogP contribution >= 0.6 is 0 Å². The molecule has 0 radical (unpaired) electrons. The molecular formula is C27H31N5O3. The highest BCUT2D eigenvalue weighted by Gasteiger charge is 2.27. The number of benzene rings is 2. The summed E-state index contributed by atoms with van der Waals surface area (Å²) >= 11 is 0. The molecule has 8 nitrogen and oxygen atoms in total. The van der Waals surface area contributed by atoms with Gasteiger partial charge in [-0.2, -0.15) is 5.26 Å². The van der Waals surface area contributed by atoms with Crippen molar-refractivity contribution in [2.75, 3.05) is 19.5 Å². The number of nitriles is 1. The third-order valence-corrected chi connectivity index (χ3v) is 5.63. The summed E-state index contributed by atoms with van der Waals surface area (Å²) in [6, 6.07) is 14.6. The average Bonchev–Trinajstić information content (AvgIpc) is 2.83. The average molecular weight is 474 g/mol. The van der Waals surface area contributed by atoms with Crippen LogP contribution in [-0.2, 0) is 11.2 Å². The van der Waals surface area contributed by atoms with Gasteiger partial charge in [0.05, 0.1) is 31.5 Å². The number of fused-ring (bicyclic) bond motifs is 1. The van der Waals surface area contributed by atoms with Crippen LogP contribution in [0.25, 0.3) is 10.9 Å². The normalized spacial score (nSPS) is 12.5. The van der Waals surface area contributed by atoms with Gasteiger partial charge in [-0.15, -0.1) is 0 Å². The van der Waals surface area contributed by atoms with E-state index in [1.54, 1.807) is 26.5 Å². The van der Waals surface area contributed by atoms with Crippen molar-refractivity contribution in [2.24, 2.45) is 10.4 Å². The summed E-state index contributed by atoms with van der Waals surface area (Å²) in [5, 5.41) is 16.1. The van der Waals surface area contributed by atoms with Gasteiger partial charge in [-0.1, -0.05) is 32.9 Å². The first-order valence-electron chi connectivity index (χ1n) is 11.3. The second-order valence-corrected chi connectivity index (χ2v) is 9.21. The predicted molar refractivity (Wildman–Crippen MR) is 138 cm³/mol. The molecule has 0 saturated carbocycles. The van der Waals surface area contributed by atoms with Crippen LogP contribution < -0.4 is 20.1 Å². The van der Waals surface area contributed by atoms with Crippen molar-refractivity contribution in [1.29, 1.82) is 5.26 Å². The maximum Gasteiger partial charge on any atom is 0.209 e. The van der Waals surface area contributed by atoms with E-state index >= 15 is 0 Å². The minimum atomic E-state index is -0.369. The maximum absolute atomic E-state index is 13.0. The molecule has 0 amide bonds. The maximum atomic E-state index is 13.0. The number of anilines is 1. The van der Waals surface area contributed by atoms with Crippen LogP contribution in [0.1, 0.15) is 32.8 Å². The third kappa shape index (κ3) is 6.70. The topological polar surface area (TPSA) is 109 Å². The minimum Gasteiger partial charge on any atom is -0.493 e. The number of hydrogen-bond acceptors (Lipinski definition) is 6. The molecule has 1 atom stereocenters. The molecule has 182 valence electrons. The van der Waals surface area contributed by atoms with E-state index in [9.17, 15) is 10.1 Å². The van der Waals surface area contributed by atoms with Gasteiger partial charge in [0.15, 0.2) is 17.7 Å². The zero-order valence-corrected chi connectivity index (χ0v) is 20.8. The molecule has 3 rings (SSSR count). The van der Waals surface area contributed by atoms with Gasteiger partial charge in [-0.25, -0.2) is 4.99 Å². The lowest BCUT2D eigenvalue weighted by molar-refractivity contribution is -0.119. The molecule has 0 aliphatic rings. The Bertz CT molecular complexity index is 1250. The van der Waals surface area contributed by atoms with Crippen LogP contribution in [0.15, 0.2) is 59.7 Å². The predicted octanol–water partition coefficient (Wildman–Crippen LogP) is 4.71. The van der Waals surface area contributed by atoms with Crippen molar-refractivity contribution in [3.8, 4) is 17.7 Å². The molecule has 2 N–H and O–H groups in total. The lowest BCUT2D eigenvalue weighted by atomic mass is 9.83. The van der Waals surface area contributed by atoms with Crippen LogP contribution in [0, 0.1) is 16.9 Å². The molecular weight excluding hydrogens is 442 g/mol. The number of ketones is 1. The van der Waals surface area contributed by atoms with E-state index in [-0.39, 0.29) is 36.0 Å². The highest BCUT2D eigenvalue weighted by molar-refractivity contribution is 6.02. The lowest BCUT2D eigenvalue weighted by Crippen LogP contribution is -2.34. The summed E-state index contributed by atoms with van der Waals surface area (Å²) in [5.74, 6) is 1.51. The van der Waals surface area contributed by atoms with E-state index in [2.05, 4.69) is 15.6 Å². The number of ether oxygens (including phenoxy) is 2. The lowest BCUT2D eigenvalue weighted by Gasteiger charge is -2.28. The Balaban J connectivity index is 1.83. The number of rotatable bonds is 8. The molecule has 0 aliphatic heterocycles. The van der Waals surface area contributed by atoms with Gasteiger partial charge in [0.1, 0.15) is 5.78 Å². The number of aliphatic imine (C=N–C) groups is 1. The van der Waals surface area contributed by atoms with Crippen molar-refractivity contribution < 1.29 is 14.3 Å². The highest BCUT2D eigenvalue weighted by atomic mass is 16.5. The number of aromatic nitrogens is 1. The second kappa shape index (κ2) is 11.3. The number of Topliss-reactive ketones (excluding diaryl/α,β-unsaturated/α-hetero) is 1. The van der Waals surface area contributed by atoms with Gasteiger partial charge in [0, 0.05) is 24.4 Å². The molecule has 1 heterocycles. The smallest absolute Gasteiger partial charge is 0.209 e. The van der Waals surface area contributed by atoms with Crippen LogP contribution in [0.2, 0.25) is 0 Å². The van der Waals surface area contributed by atoms with Crippen LogP contribution in [-0.4, -0.2) is 37.0 Å². The number of pyridine rings is 1. The summed E-state index contributed by atoms with van der Waals surface area (Å²) in [4.78, 5) is 22.2. The summed E-state index contributed by atoms with van der Waals surface area (Å²) in [6.45, 7) is 6.07. The molecule has 8 heteroatoms. The number of guanidine groups is 1. The Labute approximate surface area is 206 Å². The fourth-order valence-electron chi connectivity index (χ4n) is 3.70. The van der Waals surface area contributed by atoms with E-state index in [1.165, 1.54) is 0 Å². The van der Waals surface area contributed by atoms with Crippen molar-refractivity contribution in [1.82, 2.24) is 10.3 Å². The van der Waals surface area contributed by atoms with Gasteiger partial charge in [0.2, 0.25) is 5.96 Å². The largest absolute Gasteiger partial charge is 0.493 e. The molecule has 0 spiro atoms. The Morgan fingerprint density at radius 3 is 2.57 bits per heavy atom. The number of nitrogens with one attached hydrogen (secondary N) is 2. The molecule has 0 saturated heterocycles. The molecule has 35 heavy (non-hydrogen) atoms. The number of carbonyl (C=O) groups is 1. The van der Waals surface area contributed by atoms with Gasteiger partial charge in [-0.3, -0.25) is 15.1 Å². The number of carbonyl (C=O) groups excluding carboxylic acids is 1. The fourth-order valence-corrected chi connectivity index (χ4v) is 3.70. The monoisotopic (exact) mass is 473 g/mol. The standard InChI is InChI=1S/C27H31N5O3/c1-27(2,3)25(16-19(33)14-18-11-12-23(34-4)24(15-18)35-5)32-26(30-17-28)31-22-10-6-9-21-20(22)8-7-13-29-21/h6-13,15,25H,14,16H2,1-5H3,(H2,30,31,32). The molecule has 0 aliphatic carbocycles. The zero-order chi connectivity index (χ0) is 25.4. The van der Waals surface area contributed by atoms with Crippen molar-refractivity contribution in [3.05, 3.63) is 60.3 Å². The van der Waals surface area contributed by atoms with E-state index in [0.717, 1.165) is 22.2 Å². The molecule has 3 aromatic rings. The molecule has 1 unspecified atom stereocenters.